The number of aromatic nitrogens is 2. The van der Waals surface area contributed by atoms with Crippen LogP contribution in [0, 0.1) is 0 Å². The first-order valence-electron chi connectivity index (χ1n) is 14.3. The summed E-state index contributed by atoms with van der Waals surface area (Å²) in [7, 11) is 0. The van der Waals surface area contributed by atoms with Crippen molar-refractivity contribution in [3.05, 3.63) is 133 Å². The van der Waals surface area contributed by atoms with Gasteiger partial charge in [0.05, 0.1) is 21.8 Å². The fraction of sp³-hybridized carbons (Fsp3) is 0.229. The summed E-state index contributed by atoms with van der Waals surface area (Å²) in [6.45, 7) is 10.5. The molecule has 3 heterocycles. The molecule has 2 aromatic heterocycles. The molecule has 0 spiro atoms. The SMILES string of the molecule is CC1=C(C(=O)Nc2ccccc2)[C@H](c2ccc(C(C)C)cc2)n2c(s/c(=C\c3cn(C(C)C)c4ccccc34)c2=O)=N1. The standard InChI is InChI=1S/C35H34N4O2S/c1-21(2)24-15-17-25(18-16-24)32-31(33(40)37-27-11-7-6-8-12-27)23(5)36-35-39(32)34(41)30(42-35)19-26-20-38(22(3)4)29-14-10-9-13-28(26)29/h6-22,32H,1-5H3,(H,37,40)/b30-19-/t32-/m0/s1. The Hall–Kier alpha value is -4.49. The Labute approximate surface area is 249 Å². The zero-order chi connectivity index (χ0) is 29.5. The lowest BCUT2D eigenvalue weighted by molar-refractivity contribution is -0.113. The summed E-state index contributed by atoms with van der Waals surface area (Å²) in [5.41, 5.74) is 5.79. The lowest BCUT2D eigenvalue weighted by Gasteiger charge is -2.25. The number of benzene rings is 3. The molecule has 1 N–H and O–H groups in total. The molecule has 6 nitrogen and oxygen atoms in total. The summed E-state index contributed by atoms with van der Waals surface area (Å²) in [6.07, 6.45) is 4.08. The topological polar surface area (TPSA) is 68.4 Å². The molecule has 1 amide bonds. The van der Waals surface area contributed by atoms with Crippen LogP contribution in [0.2, 0.25) is 0 Å². The smallest absolute Gasteiger partial charge is 0.271 e. The molecule has 6 rings (SSSR count). The third-order valence-corrected chi connectivity index (χ3v) is 8.81. The number of carbonyl (C=O) groups excluding carboxylic acids is 1. The summed E-state index contributed by atoms with van der Waals surface area (Å²) in [5, 5.41) is 4.12. The minimum atomic E-state index is -0.606. The number of nitrogens with one attached hydrogen (secondary N) is 1. The van der Waals surface area contributed by atoms with Crippen LogP contribution in [0.25, 0.3) is 17.0 Å². The highest BCUT2D eigenvalue weighted by Crippen LogP contribution is 2.32. The molecular weight excluding hydrogens is 540 g/mol. The van der Waals surface area contributed by atoms with Crippen molar-refractivity contribution < 1.29 is 4.79 Å². The van der Waals surface area contributed by atoms with Gasteiger partial charge in [0, 0.05) is 34.4 Å². The second-order valence-electron chi connectivity index (χ2n) is 11.3. The predicted molar refractivity (Wildman–Crippen MR) is 172 cm³/mol. The van der Waals surface area contributed by atoms with Crippen LogP contribution in [0.4, 0.5) is 5.69 Å². The zero-order valence-electron chi connectivity index (χ0n) is 24.5. The number of rotatable bonds is 6. The zero-order valence-corrected chi connectivity index (χ0v) is 25.3. The fourth-order valence-electron chi connectivity index (χ4n) is 5.63. The van der Waals surface area contributed by atoms with E-state index in [1.54, 1.807) is 4.57 Å². The van der Waals surface area contributed by atoms with Gasteiger partial charge in [-0.1, -0.05) is 85.8 Å². The summed E-state index contributed by atoms with van der Waals surface area (Å²) < 4.78 is 4.50. The van der Waals surface area contributed by atoms with E-state index in [2.05, 4.69) is 68.0 Å². The number of amides is 1. The van der Waals surface area contributed by atoms with Crippen molar-refractivity contribution in [3.63, 3.8) is 0 Å². The van der Waals surface area contributed by atoms with E-state index in [0.717, 1.165) is 22.0 Å². The molecule has 1 atom stereocenters. The molecule has 0 fully saturated rings. The molecule has 42 heavy (non-hydrogen) atoms. The Kier molecular flexibility index (Phi) is 7.29. The van der Waals surface area contributed by atoms with E-state index in [1.807, 2.05) is 67.6 Å². The average Bonchev–Trinajstić information content (AvgIpc) is 3.50. The van der Waals surface area contributed by atoms with Crippen molar-refractivity contribution in [2.24, 2.45) is 4.99 Å². The first kappa shape index (κ1) is 27.7. The number of hydrogen-bond donors (Lipinski definition) is 1. The van der Waals surface area contributed by atoms with Gasteiger partial charge >= 0.3 is 0 Å². The lowest BCUT2D eigenvalue weighted by atomic mass is 9.93. The highest BCUT2D eigenvalue weighted by molar-refractivity contribution is 7.07. The van der Waals surface area contributed by atoms with Crippen molar-refractivity contribution in [1.82, 2.24) is 9.13 Å². The summed E-state index contributed by atoms with van der Waals surface area (Å²) in [5.74, 6) is 0.0989. The van der Waals surface area contributed by atoms with Gasteiger partial charge in [-0.05, 0) is 62.1 Å². The molecule has 3 aromatic carbocycles. The minimum Gasteiger partial charge on any atom is -0.344 e. The molecule has 212 valence electrons. The van der Waals surface area contributed by atoms with Gasteiger partial charge in [0.1, 0.15) is 0 Å². The maximum Gasteiger partial charge on any atom is 0.271 e. The van der Waals surface area contributed by atoms with Crippen molar-refractivity contribution in [3.8, 4) is 0 Å². The van der Waals surface area contributed by atoms with E-state index in [1.165, 1.54) is 16.9 Å². The van der Waals surface area contributed by atoms with E-state index in [-0.39, 0.29) is 17.5 Å². The van der Waals surface area contributed by atoms with Gasteiger partial charge in [-0.3, -0.25) is 14.2 Å². The molecule has 0 saturated carbocycles. The molecule has 0 radical (unpaired) electrons. The molecular formula is C35H34N4O2S. The molecule has 0 bridgehead atoms. The summed E-state index contributed by atoms with van der Waals surface area (Å²) in [6, 6.07) is 25.5. The van der Waals surface area contributed by atoms with Crippen LogP contribution >= 0.6 is 11.3 Å². The van der Waals surface area contributed by atoms with Crippen molar-refractivity contribution in [2.45, 2.75) is 52.6 Å². The Morgan fingerprint density at radius 1 is 0.952 bits per heavy atom. The number of nitrogens with zero attached hydrogens (tertiary/aromatic N) is 3. The van der Waals surface area contributed by atoms with Crippen LogP contribution in [-0.2, 0) is 4.79 Å². The molecule has 1 aliphatic heterocycles. The molecule has 1 aliphatic rings. The van der Waals surface area contributed by atoms with E-state index in [9.17, 15) is 9.59 Å². The summed E-state index contributed by atoms with van der Waals surface area (Å²) in [4.78, 5) is 33.4. The van der Waals surface area contributed by atoms with Crippen LogP contribution in [0.1, 0.15) is 69.3 Å². The average molecular weight is 575 g/mol. The maximum atomic E-state index is 14.2. The van der Waals surface area contributed by atoms with Crippen molar-refractivity contribution >= 4 is 39.9 Å². The lowest BCUT2D eigenvalue weighted by Crippen LogP contribution is -2.40. The third-order valence-electron chi connectivity index (χ3n) is 7.83. The van der Waals surface area contributed by atoms with E-state index >= 15 is 0 Å². The normalized spacial score (nSPS) is 15.4. The Morgan fingerprint density at radius 3 is 2.33 bits per heavy atom. The first-order chi connectivity index (χ1) is 20.2. The van der Waals surface area contributed by atoms with Gasteiger partial charge in [0.15, 0.2) is 4.80 Å². The third kappa shape index (κ3) is 4.94. The quantitative estimate of drug-likeness (QED) is 0.250. The van der Waals surface area contributed by atoms with Crippen LogP contribution in [0.5, 0.6) is 0 Å². The number of carbonyl (C=O) groups is 1. The van der Waals surface area contributed by atoms with Gasteiger partial charge < -0.3 is 9.88 Å². The molecule has 5 aromatic rings. The number of anilines is 1. The highest BCUT2D eigenvalue weighted by Gasteiger charge is 2.32. The molecule has 7 heteroatoms. The summed E-state index contributed by atoms with van der Waals surface area (Å²) >= 11 is 1.36. The fourth-order valence-corrected chi connectivity index (χ4v) is 6.66. The Bertz CT molecular complexity index is 2010. The number of hydrogen-bond acceptors (Lipinski definition) is 4. The van der Waals surface area contributed by atoms with Crippen LogP contribution in [-0.4, -0.2) is 15.0 Å². The van der Waals surface area contributed by atoms with Crippen LogP contribution < -0.4 is 20.2 Å². The highest BCUT2D eigenvalue weighted by atomic mass is 32.1. The van der Waals surface area contributed by atoms with Crippen molar-refractivity contribution in [1.29, 1.82) is 0 Å². The van der Waals surface area contributed by atoms with Gasteiger partial charge in [-0.25, -0.2) is 4.99 Å². The number of allylic oxidation sites excluding steroid dienone is 1. The molecule has 0 aliphatic carbocycles. The molecule has 0 unspecified atom stereocenters. The second kappa shape index (κ2) is 11.1. The maximum absolute atomic E-state index is 14.2. The number of thiazole rings is 1. The Balaban J connectivity index is 1.53. The van der Waals surface area contributed by atoms with E-state index in [4.69, 9.17) is 4.99 Å². The van der Waals surface area contributed by atoms with E-state index in [0.29, 0.717) is 32.2 Å². The van der Waals surface area contributed by atoms with Gasteiger partial charge in [0.2, 0.25) is 0 Å². The minimum absolute atomic E-state index is 0.157. The van der Waals surface area contributed by atoms with Gasteiger partial charge in [-0.2, -0.15) is 0 Å². The predicted octanol–water partition coefficient (Wildman–Crippen LogP) is 6.53. The van der Waals surface area contributed by atoms with Crippen LogP contribution in [0.15, 0.2) is 106 Å². The van der Waals surface area contributed by atoms with Gasteiger partial charge in [0.25, 0.3) is 11.5 Å². The molecule has 0 saturated heterocycles. The second-order valence-corrected chi connectivity index (χ2v) is 12.3. The largest absolute Gasteiger partial charge is 0.344 e. The van der Waals surface area contributed by atoms with Crippen molar-refractivity contribution in [2.75, 3.05) is 5.32 Å². The number of para-hydroxylation sites is 2. The number of fused-ring (bicyclic) bond motifs is 2. The monoisotopic (exact) mass is 574 g/mol. The van der Waals surface area contributed by atoms with E-state index < -0.39 is 6.04 Å². The first-order valence-corrected chi connectivity index (χ1v) is 15.1. The van der Waals surface area contributed by atoms with Gasteiger partial charge in [-0.15, -0.1) is 0 Å². The van der Waals surface area contributed by atoms with Crippen LogP contribution in [0.3, 0.4) is 0 Å². The Morgan fingerprint density at radius 2 is 1.64 bits per heavy atom.